The van der Waals surface area contributed by atoms with Crippen molar-refractivity contribution < 1.29 is 14.3 Å². The lowest BCUT2D eigenvalue weighted by Gasteiger charge is -2.08. The first kappa shape index (κ1) is 11.2. The SMILES string of the molecule is COC(=O)C(C)COCc1cccs1. The van der Waals surface area contributed by atoms with E-state index in [1.807, 2.05) is 17.5 Å². The summed E-state index contributed by atoms with van der Waals surface area (Å²) in [5.74, 6) is -0.420. The van der Waals surface area contributed by atoms with Crippen molar-refractivity contribution in [3.8, 4) is 0 Å². The highest BCUT2D eigenvalue weighted by Crippen LogP contribution is 2.10. The maximum absolute atomic E-state index is 11.0. The molecule has 14 heavy (non-hydrogen) atoms. The molecule has 1 atom stereocenters. The molecule has 0 saturated heterocycles. The lowest BCUT2D eigenvalue weighted by molar-refractivity contribution is -0.147. The second-order valence-electron chi connectivity index (χ2n) is 3.02. The van der Waals surface area contributed by atoms with Gasteiger partial charge in [0.1, 0.15) is 0 Å². The van der Waals surface area contributed by atoms with Gasteiger partial charge in [-0.3, -0.25) is 4.79 Å². The predicted molar refractivity (Wildman–Crippen MR) is 55.2 cm³/mol. The van der Waals surface area contributed by atoms with E-state index in [-0.39, 0.29) is 11.9 Å². The van der Waals surface area contributed by atoms with E-state index in [2.05, 4.69) is 4.74 Å². The van der Waals surface area contributed by atoms with Gasteiger partial charge in [-0.1, -0.05) is 6.07 Å². The molecule has 1 rings (SSSR count). The Labute approximate surface area is 87.7 Å². The van der Waals surface area contributed by atoms with Gasteiger partial charge in [0.2, 0.25) is 0 Å². The fraction of sp³-hybridized carbons (Fsp3) is 0.500. The fourth-order valence-corrected chi connectivity index (χ4v) is 1.64. The second-order valence-corrected chi connectivity index (χ2v) is 4.05. The summed E-state index contributed by atoms with van der Waals surface area (Å²) in [5, 5.41) is 2.00. The molecule has 0 saturated carbocycles. The number of methoxy groups -OCH3 is 1. The first-order valence-corrected chi connectivity index (χ1v) is 5.30. The molecule has 0 aliphatic carbocycles. The highest BCUT2D eigenvalue weighted by Gasteiger charge is 2.12. The molecule has 0 amide bonds. The monoisotopic (exact) mass is 214 g/mol. The Bertz CT molecular complexity index is 269. The molecule has 0 bridgehead atoms. The Morgan fingerprint density at radius 2 is 2.43 bits per heavy atom. The van der Waals surface area contributed by atoms with Crippen LogP contribution in [0.5, 0.6) is 0 Å². The summed E-state index contributed by atoms with van der Waals surface area (Å²) in [6, 6.07) is 3.99. The average molecular weight is 214 g/mol. The zero-order chi connectivity index (χ0) is 10.4. The van der Waals surface area contributed by atoms with Gasteiger partial charge in [-0.15, -0.1) is 11.3 Å². The van der Waals surface area contributed by atoms with Gasteiger partial charge in [-0.25, -0.2) is 0 Å². The van der Waals surface area contributed by atoms with Gasteiger partial charge in [0.05, 0.1) is 26.2 Å². The second kappa shape index (κ2) is 5.78. The number of carbonyl (C=O) groups excluding carboxylic acids is 1. The third-order valence-electron chi connectivity index (χ3n) is 1.80. The molecule has 0 spiro atoms. The van der Waals surface area contributed by atoms with Crippen molar-refractivity contribution in [2.24, 2.45) is 5.92 Å². The summed E-state index contributed by atoms with van der Waals surface area (Å²) in [4.78, 5) is 12.2. The lowest BCUT2D eigenvalue weighted by atomic mass is 10.2. The van der Waals surface area contributed by atoms with Crippen molar-refractivity contribution in [3.63, 3.8) is 0 Å². The smallest absolute Gasteiger partial charge is 0.310 e. The maximum Gasteiger partial charge on any atom is 0.310 e. The van der Waals surface area contributed by atoms with Crippen LogP contribution in [-0.4, -0.2) is 19.7 Å². The number of esters is 1. The summed E-state index contributed by atoms with van der Waals surface area (Å²) in [7, 11) is 1.39. The third kappa shape index (κ3) is 3.47. The molecule has 0 aliphatic heterocycles. The van der Waals surface area contributed by atoms with Crippen molar-refractivity contribution in [1.82, 2.24) is 0 Å². The van der Waals surface area contributed by atoms with Crippen LogP contribution in [0.1, 0.15) is 11.8 Å². The summed E-state index contributed by atoms with van der Waals surface area (Å²) < 4.78 is 9.96. The van der Waals surface area contributed by atoms with E-state index in [1.165, 1.54) is 12.0 Å². The maximum atomic E-state index is 11.0. The number of thiophene rings is 1. The summed E-state index contributed by atoms with van der Waals surface area (Å²) in [6.07, 6.45) is 0. The van der Waals surface area contributed by atoms with E-state index in [4.69, 9.17) is 4.74 Å². The molecule has 0 radical (unpaired) electrons. The highest BCUT2D eigenvalue weighted by atomic mass is 32.1. The van der Waals surface area contributed by atoms with Gasteiger partial charge in [0.15, 0.2) is 0 Å². The molecule has 1 aromatic rings. The fourth-order valence-electron chi connectivity index (χ4n) is 1.00. The molecule has 3 nitrogen and oxygen atoms in total. The normalized spacial score (nSPS) is 12.4. The minimum absolute atomic E-state index is 0.194. The van der Waals surface area contributed by atoms with E-state index in [1.54, 1.807) is 18.3 Å². The molecule has 0 N–H and O–H groups in total. The average Bonchev–Trinajstić information content (AvgIpc) is 2.69. The van der Waals surface area contributed by atoms with Gasteiger partial charge in [0, 0.05) is 4.88 Å². The van der Waals surface area contributed by atoms with Crippen LogP contribution in [0.2, 0.25) is 0 Å². The first-order valence-electron chi connectivity index (χ1n) is 4.42. The predicted octanol–water partition coefficient (Wildman–Crippen LogP) is 2.07. The van der Waals surface area contributed by atoms with E-state index in [0.29, 0.717) is 13.2 Å². The lowest BCUT2D eigenvalue weighted by Crippen LogP contribution is -2.18. The van der Waals surface area contributed by atoms with Crippen LogP contribution in [0, 0.1) is 5.92 Å². The minimum atomic E-state index is -0.226. The van der Waals surface area contributed by atoms with Crippen LogP contribution in [0.3, 0.4) is 0 Å². The Morgan fingerprint density at radius 3 is 3.00 bits per heavy atom. The molecule has 0 fully saturated rings. The Balaban J connectivity index is 2.18. The van der Waals surface area contributed by atoms with Gasteiger partial charge in [-0.2, -0.15) is 0 Å². The van der Waals surface area contributed by atoms with Crippen LogP contribution < -0.4 is 0 Å². The van der Waals surface area contributed by atoms with E-state index < -0.39 is 0 Å². The summed E-state index contributed by atoms with van der Waals surface area (Å²) in [6.45, 7) is 2.77. The number of hydrogen-bond donors (Lipinski definition) is 0. The molecule has 1 aromatic heterocycles. The van der Waals surface area contributed by atoms with Crippen LogP contribution >= 0.6 is 11.3 Å². The van der Waals surface area contributed by atoms with Gasteiger partial charge in [0.25, 0.3) is 0 Å². The molecule has 1 unspecified atom stereocenters. The largest absolute Gasteiger partial charge is 0.469 e. The van der Waals surface area contributed by atoms with Crippen LogP contribution in [0.15, 0.2) is 17.5 Å². The van der Waals surface area contributed by atoms with Crippen molar-refractivity contribution in [3.05, 3.63) is 22.4 Å². The van der Waals surface area contributed by atoms with E-state index >= 15 is 0 Å². The van der Waals surface area contributed by atoms with Crippen molar-refractivity contribution >= 4 is 17.3 Å². The summed E-state index contributed by atoms with van der Waals surface area (Å²) >= 11 is 1.65. The molecule has 1 heterocycles. The highest BCUT2D eigenvalue weighted by molar-refractivity contribution is 7.09. The topological polar surface area (TPSA) is 35.5 Å². The number of hydrogen-bond acceptors (Lipinski definition) is 4. The minimum Gasteiger partial charge on any atom is -0.469 e. The van der Waals surface area contributed by atoms with Crippen molar-refractivity contribution in [2.75, 3.05) is 13.7 Å². The zero-order valence-corrected chi connectivity index (χ0v) is 9.17. The van der Waals surface area contributed by atoms with Crippen LogP contribution in [-0.2, 0) is 20.9 Å². The number of ether oxygens (including phenoxy) is 2. The Kier molecular flexibility index (Phi) is 4.62. The molecule has 0 aromatic carbocycles. The number of carbonyl (C=O) groups is 1. The zero-order valence-electron chi connectivity index (χ0n) is 8.36. The van der Waals surface area contributed by atoms with Crippen molar-refractivity contribution in [2.45, 2.75) is 13.5 Å². The van der Waals surface area contributed by atoms with Gasteiger partial charge < -0.3 is 9.47 Å². The quantitative estimate of drug-likeness (QED) is 0.704. The third-order valence-corrected chi connectivity index (χ3v) is 2.65. The van der Waals surface area contributed by atoms with Crippen LogP contribution in [0.25, 0.3) is 0 Å². The molecule has 4 heteroatoms. The van der Waals surface area contributed by atoms with E-state index in [0.717, 1.165) is 0 Å². The molecule has 78 valence electrons. The molecule has 0 aliphatic rings. The van der Waals surface area contributed by atoms with Crippen LogP contribution in [0.4, 0.5) is 0 Å². The number of rotatable bonds is 5. The standard InChI is InChI=1S/C10H14O3S/c1-8(10(11)12-2)6-13-7-9-4-3-5-14-9/h3-5,8H,6-7H2,1-2H3. The van der Waals surface area contributed by atoms with E-state index in [9.17, 15) is 4.79 Å². The van der Waals surface area contributed by atoms with Crippen molar-refractivity contribution in [1.29, 1.82) is 0 Å². The molecular weight excluding hydrogens is 200 g/mol. The summed E-state index contributed by atoms with van der Waals surface area (Å²) in [5.41, 5.74) is 0. The van der Waals surface area contributed by atoms with Gasteiger partial charge in [-0.05, 0) is 18.4 Å². The molecular formula is C10H14O3S. The van der Waals surface area contributed by atoms with Gasteiger partial charge >= 0.3 is 5.97 Å². The Hall–Kier alpha value is -0.870. The Morgan fingerprint density at radius 1 is 1.64 bits per heavy atom. The first-order chi connectivity index (χ1) is 6.74.